The van der Waals surface area contributed by atoms with E-state index in [4.69, 9.17) is 4.42 Å². The van der Waals surface area contributed by atoms with Crippen molar-refractivity contribution in [3.05, 3.63) is 133 Å². The van der Waals surface area contributed by atoms with Gasteiger partial charge in [0.25, 0.3) is 0 Å². The quantitative estimate of drug-likeness (QED) is 0.242. The lowest BCUT2D eigenvalue weighted by Crippen LogP contribution is -2.28. The molecule has 6 aromatic rings. The predicted molar refractivity (Wildman–Crippen MR) is 157 cm³/mol. The third kappa shape index (κ3) is 2.57. The number of allylic oxidation sites excluding steroid dienone is 2. The summed E-state index contributed by atoms with van der Waals surface area (Å²) in [6.07, 6.45) is 9.04. The number of furan rings is 1. The van der Waals surface area contributed by atoms with Crippen molar-refractivity contribution in [2.75, 3.05) is 4.90 Å². The summed E-state index contributed by atoms with van der Waals surface area (Å²) < 4.78 is 6.39. The summed E-state index contributed by atoms with van der Waals surface area (Å²) in [4.78, 5) is 2.50. The molecule has 0 saturated carbocycles. The van der Waals surface area contributed by atoms with Gasteiger partial charge >= 0.3 is 0 Å². The van der Waals surface area contributed by atoms with Gasteiger partial charge in [0, 0.05) is 39.2 Å². The number of rotatable bonds is 2. The Kier molecular flexibility index (Phi) is 3.93. The largest absolute Gasteiger partial charge is 0.455 e. The molecule has 0 spiro atoms. The van der Waals surface area contributed by atoms with Crippen molar-refractivity contribution in [1.82, 2.24) is 0 Å². The minimum absolute atomic E-state index is 0.296. The zero-order valence-corrected chi connectivity index (χ0v) is 20.6. The van der Waals surface area contributed by atoms with Crippen molar-refractivity contribution in [3.8, 4) is 33.6 Å². The Morgan fingerprint density at radius 3 is 2.39 bits per heavy atom. The first-order valence-corrected chi connectivity index (χ1v) is 13.3. The fourth-order valence-corrected chi connectivity index (χ4v) is 6.95. The second-order valence-electron chi connectivity index (χ2n) is 10.5. The molecule has 178 valence electrons. The first kappa shape index (κ1) is 20.3. The number of benzene rings is 5. The van der Waals surface area contributed by atoms with E-state index in [9.17, 15) is 0 Å². The molecular formula is C36H23NO. The van der Waals surface area contributed by atoms with E-state index in [2.05, 4.69) is 126 Å². The van der Waals surface area contributed by atoms with Crippen LogP contribution < -0.4 is 4.90 Å². The van der Waals surface area contributed by atoms with Gasteiger partial charge < -0.3 is 9.32 Å². The van der Waals surface area contributed by atoms with E-state index < -0.39 is 0 Å². The number of hydrogen-bond acceptors (Lipinski definition) is 2. The van der Waals surface area contributed by atoms with Crippen LogP contribution in [0.2, 0.25) is 0 Å². The Hall–Kier alpha value is -4.82. The standard InChI is InChI=1S/C36H23NO/c1-2-9-23(10-3-1)37-31-15-6-4-11-25(31)26-18-17-22(21-32(26)37)24-19-20-29-34-27(24)13-8-14-30(34)36-35(29)28-12-5-7-16-33(28)38-36/h1-21,25,31H. The first-order chi connectivity index (χ1) is 18.9. The monoisotopic (exact) mass is 485 g/mol. The summed E-state index contributed by atoms with van der Waals surface area (Å²) in [7, 11) is 0. The first-order valence-electron chi connectivity index (χ1n) is 13.3. The molecule has 2 nitrogen and oxygen atoms in total. The highest BCUT2D eigenvalue weighted by atomic mass is 16.3. The normalized spacial score (nSPS) is 18.3. The van der Waals surface area contributed by atoms with Crippen molar-refractivity contribution in [2.24, 2.45) is 0 Å². The number of fused-ring (bicyclic) bond motifs is 8. The highest BCUT2D eigenvalue weighted by molar-refractivity contribution is 6.22. The lowest BCUT2D eigenvalue weighted by molar-refractivity contribution is 0.634. The molecule has 2 atom stereocenters. The summed E-state index contributed by atoms with van der Waals surface area (Å²) in [6, 6.07) is 37.7. The van der Waals surface area contributed by atoms with E-state index in [1.165, 1.54) is 60.9 Å². The lowest BCUT2D eigenvalue weighted by Gasteiger charge is -2.28. The molecule has 38 heavy (non-hydrogen) atoms. The summed E-state index contributed by atoms with van der Waals surface area (Å²) in [5, 5.41) is 3.76. The Balaban J connectivity index is 1.25. The van der Waals surface area contributed by atoms with Gasteiger partial charge in [0.1, 0.15) is 11.3 Å². The SMILES string of the molecule is C1=CC2c3ccc(-c4ccc5c6c(cccc46)-c4oc6ccccc6c4-5)cc3N(c3ccccc3)C2C=C1. The molecule has 0 radical (unpaired) electrons. The van der Waals surface area contributed by atoms with Gasteiger partial charge in [0.05, 0.1) is 6.04 Å². The van der Waals surface area contributed by atoms with Crippen LogP contribution in [0.1, 0.15) is 11.5 Å². The molecule has 3 aliphatic rings. The van der Waals surface area contributed by atoms with Crippen molar-refractivity contribution in [2.45, 2.75) is 12.0 Å². The molecule has 2 aliphatic carbocycles. The maximum atomic E-state index is 6.39. The van der Waals surface area contributed by atoms with Crippen LogP contribution in [-0.4, -0.2) is 6.04 Å². The third-order valence-corrected chi connectivity index (χ3v) is 8.55. The van der Waals surface area contributed by atoms with E-state index >= 15 is 0 Å². The van der Waals surface area contributed by atoms with Crippen molar-refractivity contribution < 1.29 is 4.42 Å². The van der Waals surface area contributed by atoms with Crippen LogP contribution in [0.25, 0.3) is 55.3 Å². The molecule has 2 heteroatoms. The zero-order chi connectivity index (χ0) is 24.8. The average molecular weight is 486 g/mol. The van der Waals surface area contributed by atoms with Gasteiger partial charge in [-0.25, -0.2) is 0 Å². The molecular weight excluding hydrogens is 462 g/mol. The van der Waals surface area contributed by atoms with Gasteiger partial charge in [-0.05, 0) is 51.9 Å². The Morgan fingerprint density at radius 2 is 1.45 bits per heavy atom. The zero-order valence-electron chi connectivity index (χ0n) is 20.6. The Morgan fingerprint density at radius 1 is 0.632 bits per heavy atom. The van der Waals surface area contributed by atoms with E-state index in [1.54, 1.807) is 0 Å². The summed E-state index contributed by atoms with van der Waals surface area (Å²) >= 11 is 0. The van der Waals surface area contributed by atoms with Gasteiger partial charge in [-0.1, -0.05) is 103 Å². The van der Waals surface area contributed by atoms with Crippen LogP contribution >= 0.6 is 0 Å². The Bertz CT molecular complexity index is 1990. The van der Waals surface area contributed by atoms with Gasteiger partial charge in [-0.3, -0.25) is 0 Å². The van der Waals surface area contributed by atoms with Gasteiger partial charge in [0.2, 0.25) is 0 Å². The lowest BCUT2D eigenvalue weighted by atomic mass is 9.89. The molecule has 1 aliphatic heterocycles. The molecule has 2 unspecified atom stereocenters. The number of hydrogen-bond donors (Lipinski definition) is 0. The second-order valence-corrected chi connectivity index (χ2v) is 10.5. The number of para-hydroxylation sites is 2. The maximum Gasteiger partial charge on any atom is 0.143 e. The molecule has 0 saturated heterocycles. The molecule has 0 amide bonds. The minimum atomic E-state index is 0.296. The molecule has 9 rings (SSSR count). The van der Waals surface area contributed by atoms with Crippen LogP contribution in [0.15, 0.2) is 132 Å². The van der Waals surface area contributed by atoms with Crippen LogP contribution in [0, 0.1) is 0 Å². The fourth-order valence-electron chi connectivity index (χ4n) is 6.95. The third-order valence-electron chi connectivity index (χ3n) is 8.55. The molecule has 5 aromatic carbocycles. The van der Waals surface area contributed by atoms with Gasteiger partial charge in [0.15, 0.2) is 0 Å². The van der Waals surface area contributed by atoms with E-state index in [0.29, 0.717) is 12.0 Å². The fraction of sp³-hybridized carbons (Fsp3) is 0.0556. The Labute approximate surface area is 220 Å². The molecule has 2 heterocycles. The van der Waals surface area contributed by atoms with Crippen molar-refractivity contribution in [1.29, 1.82) is 0 Å². The predicted octanol–water partition coefficient (Wildman–Crippen LogP) is 9.63. The summed E-state index contributed by atoms with van der Waals surface area (Å²) in [5.41, 5.74) is 11.1. The van der Waals surface area contributed by atoms with Crippen LogP contribution in [-0.2, 0) is 0 Å². The average Bonchev–Trinajstić information content (AvgIpc) is 3.62. The maximum absolute atomic E-state index is 6.39. The van der Waals surface area contributed by atoms with E-state index in [0.717, 1.165) is 11.3 Å². The van der Waals surface area contributed by atoms with Crippen LogP contribution in [0.3, 0.4) is 0 Å². The topological polar surface area (TPSA) is 16.4 Å². The van der Waals surface area contributed by atoms with Crippen molar-refractivity contribution >= 4 is 33.1 Å². The van der Waals surface area contributed by atoms with Crippen molar-refractivity contribution in [3.63, 3.8) is 0 Å². The molecule has 0 bridgehead atoms. The summed E-state index contributed by atoms with van der Waals surface area (Å²) in [6.45, 7) is 0. The number of nitrogens with zero attached hydrogens (tertiary/aromatic N) is 1. The number of anilines is 2. The highest BCUT2D eigenvalue weighted by Crippen LogP contribution is 2.54. The molecule has 0 fully saturated rings. The minimum Gasteiger partial charge on any atom is -0.455 e. The molecule has 0 N–H and O–H groups in total. The second kappa shape index (κ2) is 7.36. The highest BCUT2D eigenvalue weighted by Gasteiger charge is 2.37. The molecule has 1 aromatic heterocycles. The smallest absolute Gasteiger partial charge is 0.143 e. The van der Waals surface area contributed by atoms with Gasteiger partial charge in [-0.15, -0.1) is 0 Å². The van der Waals surface area contributed by atoms with Crippen LogP contribution in [0.5, 0.6) is 0 Å². The summed E-state index contributed by atoms with van der Waals surface area (Å²) in [5.74, 6) is 1.36. The van der Waals surface area contributed by atoms with Gasteiger partial charge in [-0.2, -0.15) is 0 Å². The van der Waals surface area contributed by atoms with E-state index in [1.807, 2.05) is 6.07 Å². The van der Waals surface area contributed by atoms with Crippen LogP contribution in [0.4, 0.5) is 11.4 Å². The van der Waals surface area contributed by atoms with E-state index in [-0.39, 0.29) is 0 Å².